The van der Waals surface area contributed by atoms with Crippen molar-refractivity contribution >= 4 is 11.8 Å². The van der Waals surface area contributed by atoms with Crippen LogP contribution >= 0.6 is 0 Å². The van der Waals surface area contributed by atoms with Crippen LogP contribution in [0.2, 0.25) is 0 Å². The van der Waals surface area contributed by atoms with Crippen LogP contribution in [0.4, 0.5) is 0 Å². The van der Waals surface area contributed by atoms with E-state index in [1.54, 1.807) is 0 Å². The van der Waals surface area contributed by atoms with Gasteiger partial charge in [0.05, 0.1) is 6.61 Å². The zero-order valence-corrected chi connectivity index (χ0v) is 15.4. The Balaban J connectivity index is 1.34. The maximum absolute atomic E-state index is 12.9. The molecule has 24 heavy (non-hydrogen) atoms. The molecule has 0 amide bonds. The first-order chi connectivity index (χ1) is 11.6. The predicted molar refractivity (Wildman–Crippen MR) is 94.6 cm³/mol. The van der Waals surface area contributed by atoms with Crippen molar-refractivity contribution in [2.24, 2.45) is 23.2 Å². The molecule has 0 aliphatic heterocycles. The van der Waals surface area contributed by atoms with Crippen molar-refractivity contribution < 1.29 is 14.3 Å². The van der Waals surface area contributed by atoms with E-state index in [9.17, 15) is 9.59 Å². The van der Waals surface area contributed by atoms with E-state index in [0.717, 1.165) is 69.1 Å². The number of hydrogen-bond donors (Lipinski definition) is 0. The van der Waals surface area contributed by atoms with Crippen LogP contribution in [-0.4, -0.2) is 18.4 Å². The predicted octanol–water partition coefficient (Wildman–Crippen LogP) is 5.07. The molecule has 136 valence electrons. The van der Waals surface area contributed by atoms with Gasteiger partial charge in [-0.25, -0.2) is 0 Å². The maximum atomic E-state index is 12.9. The number of unbranched alkanes of at least 4 members (excludes halogenated alkanes) is 3. The smallest absolute Gasteiger partial charge is 0.305 e. The van der Waals surface area contributed by atoms with Crippen molar-refractivity contribution in [2.75, 3.05) is 6.61 Å². The number of ketones is 1. The Morgan fingerprint density at radius 1 is 0.875 bits per heavy atom. The van der Waals surface area contributed by atoms with E-state index < -0.39 is 0 Å². The summed E-state index contributed by atoms with van der Waals surface area (Å²) in [6.45, 7) is 2.70. The molecule has 0 aromatic heterocycles. The third-order valence-electron chi connectivity index (χ3n) is 6.68. The molecule has 0 saturated heterocycles. The van der Waals surface area contributed by atoms with Crippen molar-refractivity contribution in [3.8, 4) is 0 Å². The Bertz CT molecular complexity index is 419. The highest BCUT2D eigenvalue weighted by Crippen LogP contribution is 2.60. The van der Waals surface area contributed by atoms with E-state index in [-0.39, 0.29) is 11.4 Å². The maximum Gasteiger partial charge on any atom is 0.305 e. The van der Waals surface area contributed by atoms with Gasteiger partial charge in [0.15, 0.2) is 0 Å². The SMILES string of the molecule is CCCCCOC(=O)CCCCC(=O)C12CC3CC(CC(C3)C1)C2. The van der Waals surface area contributed by atoms with E-state index >= 15 is 0 Å². The van der Waals surface area contributed by atoms with Crippen molar-refractivity contribution in [1.82, 2.24) is 0 Å². The van der Waals surface area contributed by atoms with Gasteiger partial charge in [0.1, 0.15) is 5.78 Å². The van der Waals surface area contributed by atoms with Crippen molar-refractivity contribution in [3.05, 3.63) is 0 Å². The van der Waals surface area contributed by atoms with E-state index in [1.165, 1.54) is 19.3 Å². The molecule has 0 unspecified atom stereocenters. The largest absolute Gasteiger partial charge is 0.466 e. The lowest BCUT2D eigenvalue weighted by molar-refractivity contribution is -0.145. The number of carbonyl (C=O) groups excluding carboxylic acids is 2. The standard InChI is InChI=1S/C21H34O3/c1-2-3-6-9-24-20(23)8-5-4-7-19(22)21-13-16-10-17(14-21)12-18(11-16)15-21/h16-18H,2-15H2,1H3. The summed E-state index contributed by atoms with van der Waals surface area (Å²) < 4.78 is 5.23. The second-order valence-corrected chi connectivity index (χ2v) is 8.76. The Hall–Kier alpha value is -0.860. The van der Waals surface area contributed by atoms with Crippen LogP contribution < -0.4 is 0 Å². The molecule has 4 bridgehead atoms. The highest BCUT2D eigenvalue weighted by atomic mass is 16.5. The number of Topliss-reactive ketones (excluding diaryl/α,β-unsaturated/α-hetero) is 1. The lowest BCUT2D eigenvalue weighted by Crippen LogP contribution is -2.49. The molecule has 3 nitrogen and oxygen atoms in total. The quantitative estimate of drug-likeness (QED) is 0.414. The summed E-state index contributed by atoms with van der Waals surface area (Å²) in [6.07, 6.45) is 13.7. The van der Waals surface area contributed by atoms with Gasteiger partial charge in [-0.3, -0.25) is 9.59 Å². The summed E-state index contributed by atoms with van der Waals surface area (Å²) in [5, 5.41) is 0. The summed E-state index contributed by atoms with van der Waals surface area (Å²) >= 11 is 0. The highest BCUT2D eigenvalue weighted by molar-refractivity contribution is 5.85. The third-order valence-corrected chi connectivity index (χ3v) is 6.68. The number of esters is 1. The zero-order chi connectivity index (χ0) is 17.0. The Labute approximate surface area is 146 Å². The minimum Gasteiger partial charge on any atom is -0.466 e. The van der Waals surface area contributed by atoms with E-state index in [1.807, 2.05) is 0 Å². The minimum atomic E-state index is -0.0895. The van der Waals surface area contributed by atoms with E-state index in [4.69, 9.17) is 4.74 Å². The first kappa shape index (κ1) is 17.9. The average Bonchev–Trinajstić information content (AvgIpc) is 2.54. The van der Waals surface area contributed by atoms with Crippen LogP contribution in [0.15, 0.2) is 0 Å². The molecule has 4 fully saturated rings. The number of ether oxygens (including phenoxy) is 1. The molecule has 4 aliphatic rings. The van der Waals surface area contributed by atoms with Gasteiger partial charge < -0.3 is 4.74 Å². The fourth-order valence-electron chi connectivity index (χ4n) is 5.88. The molecule has 0 spiro atoms. The highest BCUT2D eigenvalue weighted by Gasteiger charge is 2.53. The fourth-order valence-corrected chi connectivity index (χ4v) is 5.88. The molecular weight excluding hydrogens is 300 g/mol. The average molecular weight is 335 g/mol. The van der Waals surface area contributed by atoms with Crippen LogP contribution in [0.3, 0.4) is 0 Å². The molecular formula is C21H34O3. The summed E-state index contributed by atoms with van der Waals surface area (Å²) in [6, 6.07) is 0. The Kier molecular flexibility index (Phi) is 5.99. The Morgan fingerprint density at radius 2 is 1.46 bits per heavy atom. The van der Waals surface area contributed by atoms with Gasteiger partial charge in [0.2, 0.25) is 0 Å². The van der Waals surface area contributed by atoms with Crippen LogP contribution in [0.5, 0.6) is 0 Å². The molecule has 3 heteroatoms. The van der Waals surface area contributed by atoms with Crippen LogP contribution in [0, 0.1) is 23.2 Å². The zero-order valence-electron chi connectivity index (χ0n) is 15.4. The molecule has 0 N–H and O–H groups in total. The van der Waals surface area contributed by atoms with Gasteiger partial charge in [-0.15, -0.1) is 0 Å². The number of carbonyl (C=O) groups is 2. The lowest BCUT2D eigenvalue weighted by atomic mass is 9.48. The van der Waals surface area contributed by atoms with Crippen molar-refractivity contribution in [1.29, 1.82) is 0 Å². The second-order valence-electron chi connectivity index (χ2n) is 8.76. The number of hydrogen-bond acceptors (Lipinski definition) is 3. The van der Waals surface area contributed by atoms with Gasteiger partial charge in [0, 0.05) is 18.3 Å². The number of rotatable bonds is 10. The minimum absolute atomic E-state index is 0.0371. The van der Waals surface area contributed by atoms with Crippen LogP contribution in [0.1, 0.15) is 90.4 Å². The van der Waals surface area contributed by atoms with E-state index in [2.05, 4.69) is 6.92 Å². The fraction of sp³-hybridized carbons (Fsp3) is 0.905. The van der Waals surface area contributed by atoms with Gasteiger partial charge in [-0.2, -0.15) is 0 Å². The summed E-state index contributed by atoms with van der Waals surface area (Å²) in [5.41, 5.74) is 0.0371. The lowest BCUT2D eigenvalue weighted by Gasteiger charge is -2.56. The van der Waals surface area contributed by atoms with Gasteiger partial charge >= 0.3 is 5.97 Å². The first-order valence-corrected chi connectivity index (χ1v) is 10.3. The molecule has 4 aliphatic carbocycles. The summed E-state index contributed by atoms with van der Waals surface area (Å²) in [5.74, 6) is 2.92. The molecule has 0 heterocycles. The van der Waals surface area contributed by atoms with Crippen LogP contribution in [0.25, 0.3) is 0 Å². The molecule has 0 aromatic rings. The topological polar surface area (TPSA) is 43.4 Å². The van der Waals surface area contributed by atoms with Crippen LogP contribution in [-0.2, 0) is 14.3 Å². The van der Waals surface area contributed by atoms with Crippen molar-refractivity contribution in [2.45, 2.75) is 90.4 Å². The molecule has 0 aromatic carbocycles. The third kappa shape index (κ3) is 4.21. The second kappa shape index (κ2) is 8.01. The van der Waals surface area contributed by atoms with Gasteiger partial charge in [0.25, 0.3) is 0 Å². The normalized spacial score (nSPS) is 33.6. The van der Waals surface area contributed by atoms with Crippen molar-refractivity contribution in [3.63, 3.8) is 0 Å². The molecule has 0 radical (unpaired) electrons. The van der Waals surface area contributed by atoms with Gasteiger partial charge in [-0.1, -0.05) is 19.8 Å². The summed E-state index contributed by atoms with van der Waals surface area (Å²) in [4.78, 5) is 24.5. The molecule has 0 atom stereocenters. The molecule has 4 saturated carbocycles. The monoisotopic (exact) mass is 334 g/mol. The molecule has 4 rings (SSSR count). The summed E-state index contributed by atoms with van der Waals surface area (Å²) in [7, 11) is 0. The first-order valence-electron chi connectivity index (χ1n) is 10.3. The Morgan fingerprint density at radius 3 is 2.04 bits per heavy atom. The van der Waals surface area contributed by atoms with Gasteiger partial charge in [-0.05, 0) is 75.5 Å². The van der Waals surface area contributed by atoms with E-state index in [0.29, 0.717) is 25.2 Å².